The lowest BCUT2D eigenvalue weighted by Crippen LogP contribution is -2.28. The highest BCUT2D eigenvalue weighted by Crippen LogP contribution is 2.38. The molecule has 1 N–H and O–H groups in total. The first-order chi connectivity index (χ1) is 14.2. The number of rotatable bonds is 10. The first-order valence-corrected chi connectivity index (χ1v) is 10.8. The SMILES string of the molecule is C=CCN1C(=O)CSC1c1ccc(OCCCC(=O)NCc2ccccc2)cc1. The van der Waals surface area contributed by atoms with Gasteiger partial charge in [0.2, 0.25) is 11.8 Å². The normalized spacial score (nSPS) is 15.9. The van der Waals surface area contributed by atoms with Gasteiger partial charge in [0.1, 0.15) is 11.1 Å². The Bertz CT molecular complexity index is 824. The van der Waals surface area contributed by atoms with Crippen LogP contribution in [0, 0.1) is 0 Å². The van der Waals surface area contributed by atoms with Gasteiger partial charge in [0, 0.05) is 19.5 Å². The number of amides is 2. The molecule has 1 unspecified atom stereocenters. The Morgan fingerprint density at radius 1 is 1.21 bits per heavy atom. The van der Waals surface area contributed by atoms with Gasteiger partial charge >= 0.3 is 0 Å². The summed E-state index contributed by atoms with van der Waals surface area (Å²) in [6.45, 7) is 5.32. The Kier molecular flexibility index (Phi) is 7.76. The summed E-state index contributed by atoms with van der Waals surface area (Å²) in [6, 6.07) is 17.7. The summed E-state index contributed by atoms with van der Waals surface area (Å²) in [5.74, 6) is 1.44. The molecule has 0 radical (unpaired) electrons. The lowest BCUT2D eigenvalue weighted by molar-refractivity contribution is -0.127. The van der Waals surface area contributed by atoms with Crippen LogP contribution in [0.3, 0.4) is 0 Å². The number of ether oxygens (including phenoxy) is 1. The van der Waals surface area contributed by atoms with E-state index in [9.17, 15) is 9.59 Å². The molecule has 0 saturated carbocycles. The number of thioether (sulfide) groups is 1. The van der Waals surface area contributed by atoms with Gasteiger partial charge in [-0.1, -0.05) is 48.5 Å². The first kappa shape index (κ1) is 21.0. The van der Waals surface area contributed by atoms with Crippen LogP contribution in [-0.2, 0) is 16.1 Å². The van der Waals surface area contributed by atoms with E-state index in [0.29, 0.717) is 38.3 Å². The molecule has 2 aromatic carbocycles. The summed E-state index contributed by atoms with van der Waals surface area (Å²) in [4.78, 5) is 25.7. The van der Waals surface area contributed by atoms with E-state index in [1.54, 1.807) is 17.8 Å². The van der Waals surface area contributed by atoms with Crippen LogP contribution in [-0.4, -0.2) is 35.6 Å². The Hall–Kier alpha value is -2.73. The maximum Gasteiger partial charge on any atom is 0.234 e. The minimum Gasteiger partial charge on any atom is -0.494 e. The Morgan fingerprint density at radius 2 is 1.97 bits per heavy atom. The van der Waals surface area contributed by atoms with E-state index < -0.39 is 0 Å². The smallest absolute Gasteiger partial charge is 0.234 e. The monoisotopic (exact) mass is 410 g/mol. The van der Waals surface area contributed by atoms with E-state index in [1.807, 2.05) is 59.5 Å². The van der Waals surface area contributed by atoms with E-state index in [2.05, 4.69) is 11.9 Å². The Balaban J connectivity index is 1.38. The summed E-state index contributed by atoms with van der Waals surface area (Å²) in [7, 11) is 0. The van der Waals surface area contributed by atoms with Crippen LogP contribution in [0.5, 0.6) is 5.75 Å². The lowest BCUT2D eigenvalue weighted by atomic mass is 10.2. The van der Waals surface area contributed by atoms with Gasteiger partial charge in [0.25, 0.3) is 0 Å². The molecule has 152 valence electrons. The van der Waals surface area contributed by atoms with Crippen LogP contribution in [0.1, 0.15) is 29.3 Å². The van der Waals surface area contributed by atoms with E-state index in [1.165, 1.54) is 0 Å². The Morgan fingerprint density at radius 3 is 2.69 bits per heavy atom. The molecule has 1 saturated heterocycles. The second-order valence-corrected chi connectivity index (χ2v) is 7.85. The van der Waals surface area contributed by atoms with Gasteiger partial charge in [-0.05, 0) is 29.7 Å². The molecule has 6 heteroatoms. The first-order valence-electron chi connectivity index (χ1n) is 9.72. The van der Waals surface area contributed by atoms with E-state index in [-0.39, 0.29) is 17.2 Å². The summed E-state index contributed by atoms with van der Waals surface area (Å²) >= 11 is 1.63. The number of carbonyl (C=O) groups is 2. The number of benzene rings is 2. The molecule has 0 aromatic heterocycles. The maximum absolute atomic E-state index is 12.0. The van der Waals surface area contributed by atoms with Crippen LogP contribution in [0.4, 0.5) is 0 Å². The third-order valence-corrected chi connectivity index (χ3v) is 5.86. The highest BCUT2D eigenvalue weighted by Gasteiger charge is 2.31. The third-order valence-electron chi connectivity index (χ3n) is 4.61. The number of hydrogen-bond acceptors (Lipinski definition) is 4. The molecule has 1 atom stereocenters. The molecule has 0 aliphatic carbocycles. The van der Waals surface area contributed by atoms with Crippen LogP contribution in [0.25, 0.3) is 0 Å². The van der Waals surface area contributed by atoms with Gasteiger partial charge in [-0.2, -0.15) is 0 Å². The molecule has 1 heterocycles. The van der Waals surface area contributed by atoms with Crippen molar-refractivity contribution in [1.82, 2.24) is 10.2 Å². The molecule has 0 bridgehead atoms. The average Bonchev–Trinajstić information content (AvgIpc) is 3.11. The summed E-state index contributed by atoms with van der Waals surface area (Å²) in [5.41, 5.74) is 2.17. The van der Waals surface area contributed by atoms with Crippen molar-refractivity contribution in [2.75, 3.05) is 18.9 Å². The zero-order valence-corrected chi connectivity index (χ0v) is 17.2. The fourth-order valence-corrected chi connectivity index (χ4v) is 4.30. The van der Waals surface area contributed by atoms with Crippen LogP contribution >= 0.6 is 11.8 Å². The van der Waals surface area contributed by atoms with Crippen LogP contribution in [0.2, 0.25) is 0 Å². The molecule has 2 aromatic rings. The molecular formula is C23H26N2O3S. The van der Waals surface area contributed by atoms with Gasteiger partial charge in [0.05, 0.1) is 12.4 Å². The molecule has 0 spiro atoms. The molecule has 1 aliphatic heterocycles. The average molecular weight is 411 g/mol. The van der Waals surface area contributed by atoms with Crippen molar-refractivity contribution in [3.05, 3.63) is 78.4 Å². The largest absolute Gasteiger partial charge is 0.494 e. The predicted octanol–water partition coefficient (Wildman–Crippen LogP) is 3.92. The second kappa shape index (κ2) is 10.7. The fourth-order valence-electron chi connectivity index (χ4n) is 3.10. The highest BCUT2D eigenvalue weighted by molar-refractivity contribution is 8.00. The topological polar surface area (TPSA) is 58.6 Å². The number of nitrogens with zero attached hydrogens (tertiary/aromatic N) is 1. The molecule has 5 nitrogen and oxygen atoms in total. The van der Waals surface area contributed by atoms with Crippen molar-refractivity contribution < 1.29 is 14.3 Å². The standard InChI is InChI=1S/C23H26N2O3S/c1-2-14-25-22(27)17-29-23(25)19-10-12-20(13-11-19)28-15-6-9-21(26)24-16-18-7-4-3-5-8-18/h2-5,7-8,10-13,23H,1,6,9,14-17H2,(H,24,26). The quantitative estimate of drug-likeness (QED) is 0.476. The van der Waals surface area contributed by atoms with Gasteiger partial charge in [-0.15, -0.1) is 18.3 Å². The molecular weight excluding hydrogens is 384 g/mol. The van der Waals surface area contributed by atoms with Crippen molar-refractivity contribution in [1.29, 1.82) is 0 Å². The molecule has 1 aliphatic rings. The maximum atomic E-state index is 12.0. The second-order valence-electron chi connectivity index (χ2n) is 6.78. The zero-order chi connectivity index (χ0) is 20.5. The number of carbonyl (C=O) groups excluding carboxylic acids is 2. The molecule has 29 heavy (non-hydrogen) atoms. The minimum absolute atomic E-state index is 0.0260. The van der Waals surface area contributed by atoms with Crippen LogP contribution in [0.15, 0.2) is 67.3 Å². The summed E-state index contributed by atoms with van der Waals surface area (Å²) in [5, 5.41) is 2.95. The predicted molar refractivity (Wildman–Crippen MR) is 117 cm³/mol. The summed E-state index contributed by atoms with van der Waals surface area (Å²) < 4.78 is 5.75. The third kappa shape index (κ3) is 6.12. The van der Waals surface area contributed by atoms with E-state index >= 15 is 0 Å². The lowest BCUT2D eigenvalue weighted by Gasteiger charge is -2.22. The fraction of sp³-hybridized carbons (Fsp3) is 0.304. The van der Waals surface area contributed by atoms with Crippen molar-refractivity contribution in [2.24, 2.45) is 0 Å². The minimum atomic E-state index is 0.0260. The van der Waals surface area contributed by atoms with Crippen molar-refractivity contribution >= 4 is 23.6 Å². The Labute approximate surface area is 176 Å². The highest BCUT2D eigenvalue weighted by atomic mass is 32.2. The van der Waals surface area contributed by atoms with Gasteiger partial charge in [0.15, 0.2) is 0 Å². The van der Waals surface area contributed by atoms with Gasteiger partial charge in [-0.25, -0.2) is 0 Å². The van der Waals surface area contributed by atoms with Gasteiger partial charge in [-0.3, -0.25) is 9.59 Å². The number of nitrogens with one attached hydrogen (secondary N) is 1. The summed E-state index contributed by atoms with van der Waals surface area (Å²) in [6.07, 6.45) is 2.84. The van der Waals surface area contributed by atoms with Crippen molar-refractivity contribution in [3.8, 4) is 5.75 Å². The van der Waals surface area contributed by atoms with Crippen molar-refractivity contribution in [3.63, 3.8) is 0 Å². The van der Waals surface area contributed by atoms with E-state index in [4.69, 9.17) is 4.74 Å². The molecule has 2 amide bonds. The van der Waals surface area contributed by atoms with Crippen molar-refractivity contribution in [2.45, 2.75) is 24.8 Å². The van der Waals surface area contributed by atoms with Crippen LogP contribution < -0.4 is 10.1 Å². The molecule has 1 fully saturated rings. The molecule has 3 rings (SSSR count). The number of hydrogen-bond donors (Lipinski definition) is 1. The van der Waals surface area contributed by atoms with Gasteiger partial charge < -0.3 is 15.0 Å². The zero-order valence-electron chi connectivity index (χ0n) is 16.4. The van der Waals surface area contributed by atoms with E-state index in [0.717, 1.165) is 16.9 Å².